The lowest BCUT2D eigenvalue weighted by Gasteiger charge is -2.30. The van der Waals surface area contributed by atoms with Gasteiger partial charge in [0.2, 0.25) is 5.95 Å². The van der Waals surface area contributed by atoms with Crippen LogP contribution in [0.5, 0.6) is 0 Å². The Morgan fingerprint density at radius 1 is 1.24 bits per heavy atom. The molecule has 2 aromatic rings. The van der Waals surface area contributed by atoms with Crippen molar-refractivity contribution in [3.63, 3.8) is 0 Å². The lowest BCUT2D eigenvalue weighted by atomic mass is 9.97. The van der Waals surface area contributed by atoms with Crippen LogP contribution in [0.3, 0.4) is 0 Å². The zero-order valence-electron chi connectivity index (χ0n) is 12.5. The number of aromatic nitrogens is 3. The van der Waals surface area contributed by atoms with Crippen molar-refractivity contribution in [3.8, 4) is 11.4 Å². The van der Waals surface area contributed by atoms with Crippen molar-refractivity contribution in [1.29, 1.82) is 0 Å². The Balaban J connectivity index is 1.71. The van der Waals surface area contributed by atoms with E-state index in [4.69, 9.17) is 5.73 Å². The molecule has 3 rings (SSSR count). The number of rotatable bonds is 4. The topological polar surface area (TPSA) is 70.8 Å². The molecule has 0 aliphatic carbocycles. The van der Waals surface area contributed by atoms with E-state index >= 15 is 0 Å². The Morgan fingerprint density at radius 3 is 2.57 bits per heavy atom. The highest BCUT2D eigenvalue weighted by molar-refractivity contribution is 5.56. The van der Waals surface area contributed by atoms with Gasteiger partial charge >= 0.3 is 0 Å². The van der Waals surface area contributed by atoms with Crippen LogP contribution in [0.25, 0.3) is 11.4 Å². The monoisotopic (exact) mass is 285 g/mol. The largest absolute Gasteiger partial charge is 0.340 e. The van der Waals surface area contributed by atoms with E-state index in [0.717, 1.165) is 56.2 Å². The fourth-order valence-electron chi connectivity index (χ4n) is 2.79. The van der Waals surface area contributed by atoms with Gasteiger partial charge in [0, 0.05) is 18.7 Å². The minimum atomic E-state index is 0.654. The summed E-state index contributed by atoms with van der Waals surface area (Å²) in [6.45, 7) is 4.94. The second kappa shape index (κ2) is 6.26. The van der Waals surface area contributed by atoms with Crippen LogP contribution in [0.4, 0.5) is 5.95 Å². The van der Waals surface area contributed by atoms with Crippen LogP contribution < -0.4 is 10.6 Å². The molecule has 1 aliphatic heterocycles. The summed E-state index contributed by atoms with van der Waals surface area (Å²) in [5, 5.41) is 7.42. The molecule has 21 heavy (non-hydrogen) atoms. The Labute approximate surface area is 125 Å². The molecule has 1 saturated heterocycles. The molecule has 0 radical (unpaired) electrons. The van der Waals surface area contributed by atoms with E-state index in [1.165, 1.54) is 5.56 Å². The number of nitrogens with two attached hydrogens (primary N) is 1. The summed E-state index contributed by atoms with van der Waals surface area (Å²) in [4.78, 5) is 6.88. The first-order chi connectivity index (χ1) is 10.3. The number of nitrogens with one attached hydrogen (secondary N) is 1. The fraction of sp³-hybridized carbons (Fsp3) is 0.500. The smallest absolute Gasteiger partial charge is 0.245 e. The maximum absolute atomic E-state index is 5.74. The van der Waals surface area contributed by atoms with Gasteiger partial charge in [-0.2, -0.15) is 4.98 Å². The summed E-state index contributed by atoms with van der Waals surface area (Å²) >= 11 is 0. The first kappa shape index (κ1) is 14.1. The van der Waals surface area contributed by atoms with Crippen LogP contribution in [0, 0.1) is 5.92 Å². The highest BCUT2D eigenvalue weighted by Crippen LogP contribution is 2.22. The van der Waals surface area contributed by atoms with Gasteiger partial charge in [0.25, 0.3) is 0 Å². The molecule has 5 heteroatoms. The van der Waals surface area contributed by atoms with Crippen molar-refractivity contribution >= 4 is 5.95 Å². The van der Waals surface area contributed by atoms with Gasteiger partial charge in [0.1, 0.15) is 0 Å². The fourth-order valence-corrected chi connectivity index (χ4v) is 2.79. The number of piperidine rings is 1. The summed E-state index contributed by atoms with van der Waals surface area (Å²) in [7, 11) is 0. The zero-order valence-corrected chi connectivity index (χ0v) is 12.5. The van der Waals surface area contributed by atoms with Gasteiger partial charge in [-0.05, 0) is 37.3 Å². The quantitative estimate of drug-likeness (QED) is 0.903. The molecule has 112 valence electrons. The van der Waals surface area contributed by atoms with E-state index in [9.17, 15) is 0 Å². The molecule has 0 bridgehead atoms. The molecule has 0 amide bonds. The molecule has 2 heterocycles. The molecule has 1 aliphatic rings. The lowest BCUT2D eigenvalue weighted by Crippen LogP contribution is -2.36. The van der Waals surface area contributed by atoms with E-state index in [1.54, 1.807) is 0 Å². The number of nitrogens with zero attached hydrogens (tertiary/aromatic N) is 3. The van der Waals surface area contributed by atoms with Crippen molar-refractivity contribution in [1.82, 2.24) is 15.2 Å². The normalized spacial score (nSPS) is 16.4. The standard InChI is InChI=1S/C16H23N5/c1-2-12-3-5-14(6-4-12)15-18-16(20-19-15)21-9-7-13(11-17)8-10-21/h3-6,13H,2,7-11,17H2,1H3,(H,18,19,20). The SMILES string of the molecule is CCc1ccc(-c2nc(N3CCC(CN)CC3)n[nH]2)cc1. The van der Waals surface area contributed by atoms with E-state index in [0.29, 0.717) is 5.92 Å². The molecule has 0 spiro atoms. The van der Waals surface area contributed by atoms with Crippen LogP contribution in [-0.2, 0) is 6.42 Å². The van der Waals surface area contributed by atoms with Crippen LogP contribution in [0.15, 0.2) is 24.3 Å². The molecule has 1 aromatic carbocycles. The third-order valence-electron chi connectivity index (χ3n) is 4.34. The number of aromatic amines is 1. The number of H-pyrrole nitrogens is 1. The van der Waals surface area contributed by atoms with Gasteiger partial charge < -0.3 is 10.6 Å². The number of hydrogen-bond acceptors (Lipinski definition) is 4. The van der Waals surface area contributed by atoms with Gasteiger partial charge in [-0.15, -0.1) is 5.10 Å². The molecular weight excluding hydrogens is 262 g/mol. The van der Waals surface area contributed by atoms with E-state index in [1.807, 2.05) is 0 Å². The number of aryl methyl sites for hydroxylation is 1. The highest BCUT2D eigenvalue weighted by Gasteiger charge is 2.21. The molecule has 5 nitrogen and oxygen atoms in total. The average molecular weight is 285 g/mol. The van der Waals surface area contributed by atoms with Gasteiger partial charge in [-0.3, -0.25) is 5.10 Å². The van der Waals surface area contributed by atoms with Crippen molar-refractivity contribution in [3.05, 3.63) is 29.8 Å². The average Bonchev–Trinajstić information content (AvgIpc) is 3.05. The van der Waals surface area contributed by atoms with Gasteiger partial charge in [-0.1, -0.05) is 31.2 Å². The van der Waals surface area contributed by atoms with Gasteiger partial charge in [0.05, 0.1) is 0 Å². The minimum absolute atomic E-state index is 0.654. The second-order valence-corrected chi connectivity index (χ2v) is 5.70. The maximum atomic E-state index is 5.74. The predicted molar refractivity (Wildman–Crippen MR) is 85.2 cm³/mol. The maximum Gasteiger partial charge on any atom is 0.245 e. The molecule has 0 atom stereocenters. The Morgan fingerprint density at radius 2 is 1.95 bits per heavy atom. The first-order valence-electron chi connectivity index (χ1n) is 7.77. The molecule has 0 unspecified atom stereocenters. The van der Waals surface area contributed by atoms with Crippen LogP contribution in [0.1, 0.15) is 25.3 Å². The molecular formula is C16H23N5. The summed E-state index contributed by atoms with van der Waals surface area (Å²) in [6.07, 6.45) is 3.31. The predicted octanol–water partition coefficient (Wildman–Crippen LogP) is 2.21. The van der Waals surface area contributed by atoms with Gasteiger partial charge in [0.15, 0.2) is 5.82 Å². The van der Waals surface area contributed by atoms with E-state index in [-0.39, 0.29) is 0 Å². The van der Waals surface area contributed by atoms with Crippen LogP contribution >= 0.6 is 0 Å². The van der Waals surface area contributed by atoms with Crippen molar-refractivity contribution in [2.45, 2.75) is 26.2 Å². The molecule has 1 fully saturated rings. The third-order valence-corrected chi connectivity index (χ3v) is 4.34. The first-order valence-corrected chi connectivity index (χ1v) is 7.77. The summed E-state index contributed by atoms with van der Waals surface area (Å²) in [5.74, 6) is 2.30. The summed E-state index contributed by atoms with van der Waals surface area (Å²) in [5.41, 5.74) is 8.16. The number of anilines is 1. The lowest BCUT2D eigenvalue weighted by molar-refractivity contribution is 0.411. The summed E-state index contributed by atoms with van der Waals surface area (Å²) < 4.78 is 0. The number of benzene rings is 1. The molecule has 3 N–H and O–H groups in total. The van der Waals surface area contributed by atoms with E-state index in [2.05, 4.69) is 51.3 Å². The Hall–Kier alpha value is -1.88. The van der Waals surface area contributed by atoms with Crippen LogP contribution in [-0.4, -0.2) is 34.8 Å². The molecule has 1 aromatic heterocycles. The zero-order chi connectivity index (χ0) is 14.7. The minimum Gasteiger partial charge on any atom is -0.340 e. The van der Waals surface area contributed by atoms with Crippen molar-refractivity contribution in [2.75, 3.05) is 24.5 Å². The Bertz CT molecular complexity index is 567. The summed E-state index contributed by atoms with van der Waals surface area (Å²) in [6, 6.07) is 8.49. The van der Waals surface area contributed by atoms with Crippen LogP contribution in [0.2, 0.25) is 0 Å². The van der Waals surface area contributed by atoms with Crippen molar-refractivity contribution < 1.29 is 0 Å². The van der Waals surface area contributed by atoms with Crippen molar-refractivity contribution in [2.24, 2.45) is 11.7 Å². The highest BCUT2D eigenvalue weighted by atomic mass is 15.4. The third kappa shape index (κ3) is 3.08. The Kier molecular flexibility index (Phi) is 4.20. The van der Waals surface area contributed by atoms with E-state index < -0.39 is 0 Å². The number of hydrogen-bond donors (Lipinski definition) is 2. The second-order valence-electron chi connectivity index (χ2n) is 5.70. The molecule has 0 saturated carbocycles. The van der Waals surface area contributed by atoms with Gasteiger partial charge in [-0.25, -0.2) is 0 Å².